The van der Waals surface area contributed by atoms with Crippen LogP contribution >= 0.6 is 11.6 Å². The van der Waals surface area contributed by atoms with Crippen LogP contribution in [0.2, 0.25) is 5.02 Å². The van der Waals surface area contributed by atoms with Gasteiger partial charge in [-0.05, 0) is 38.8 Å². The molecule has 1 atom stereocenters. The largest absolute Gasteiger partial charge is 0.368 e. The summed E-state index contributed by atoms with van der Waals surface area (Å²) in [4.78, 5) is 6.67. The van der Waals surface area contributed by atoms with Gasteiger partial charge in [0.05, 0.1) is 5.56 Å². The number of aromatic nitrogens is 1. The summed E-state index contributed by atoms with van der Waals surface area (Å²) in [5.74, 6) is 1.23. The van der Waals surface area contributed by atoms with Gasteiger partial charge in [0.1, 0.15) is 16.9 Å². The van der Waals surface area contributed by atoms with Gasteiger partial charge in [-0.2, -0.15) is 5.26 Å². The number of likely N-dealkylation sites (tertiary alicyclic amines) is 1. The van der Waals surface area contributed by atoms with Crippen molar-refractivity contribution >= 4 is 17.4 Å². The highest BCUT2D eigenvalue weighted by Crippen LogP contribution is 2.24. The van der Waals surface area contributed by atoms with Gasteiger partial charge in [-0.1, -0.05) is 11.6 Å². The molecule has 2 heterocycles. The Hall–Kier alpha value is -1.31. The molecule has 0 saturated carbocycles. The highest BCUT2D eigenvalue weighted by atomic mass is 35.5. The molecule has 5 heteroatoms. The Morgan fingerprint density at radius 1 is 1.63 bits per heavy atom. The minimum Gasteiger partial charge on any atom is -0.368 e. The van der Waals surface area contributed by atoms with E-state index in [1.165, 1.54) is 6.42 Å². The average molecular weight is 279 g/mol. The van der Waals surface area contributed by atoms with Crippen LogP contribution in [0.5, 0.6) is 0 Å². The summed E-state index contributed by atoms with van der Waals surface area (Å²) in [6.07, 6.45) is 2.81. The zero-order valence-corrected chi connectivity index (χ0v) is 12.1. The van der Waals surface area contributed by atoms with Gasteiger partial charge in [-0.25, -0.2) is 4.98 Å². The van der Waals surface area contributed by atoms with Crippen molar-refractivity contribution in [2.45, 2.75) is 26.3 Å². The number of rotatable bonds is 4. The monoisotopic (exact) mass is 278 g/mol. The summed E-state index contributed by atoms with van der Waals surface area (Å²) in [7, 11) is 0. The molecule has 1 fully saturated rings. The van der Waals surface area contributed by atoms with Gasteiger partial charge in [0.25, 0.3) is 0 Å². The van der Waals surface area contributed by atoms with Crippen molar-refractivity contribution in [3.05, 3.63) is 22.8 Å². The van der Waals surface area contributed by atoms with Crippen molar-refractivity contribution in [2.75, 3.05) is 25.0 Å². The third kappa shape index (κ3) is 3.37. The Labute approximate surface area is 119 Å². The van der Waals surface area contributed by atoms with Crippen molar-refractivity contribution in [3.8, 4) is 6.07 Å². The smallest absolute Gasteiger partial charge is 0.146 e. The van der Waals surface area contributed by atoms with Crippen LogP contribution in [0.1, 0.15) is 25.8 Å². The summed E-state index contributed by atoms with van der Waals surface area (Å²) >= 11 is 6.12. The molecule has 1 aromatic heterocycles. The Kier molecular flexibility index (Phi) is 4.62. The second-order valence-corrected chi connectivity index (χ2v) is 5.64. The van der Waals surface area contributed by atoms with Gasteiger partial charge in [-0.15, -0.1) is 0 Å². The minimum atomic E-state index is 0.420. The zero-order chi connectivity index (χ0) is 13.8. The van der Waals surface area contributed by atoms with Crippen LogP contribution in [0.25, 0.3) is 0 Å². The Bertz CT molecular complexity index is 481. The number of anilines is 1. The van der Waals surface area contributed by atoms with Gasteiger partial charge in [0.2, 0.25) is 0 Å². The normalized spacial score (nSPS) is 19.6. The second kappa shape index (κ2) is 6.23. The SMILES string of the molecule is CC(C)N1CCC(CNc2nccc(C#N)c2Cl)C1. The summed E-state index contributed by atoms with van der Waals surface area (Å²) in [6.45, 7) is 7.57. The topological polar surface area (TPSA) is 52.0 Å². The van der Waals surface area contributed by atoms with Crippen LogP contribution < -0.4 is 5.32 Å². The molecular weight excluding hydrogens is 260 g/mol. The third-order valence-corrected chi connectivity index (χ3v) is 4.00. The van der Waals surface area contributed by atoms with Crippen molar-refractivity contribution in [3.63, 3.8) is 0 Å². The molecule has 1 saturated heterocycles. The molecule has 0 spiro atoms. The number of hydrogen-bond acceptors (Lipinski definition) is 4. The fraction of sp³-hybridized carbons (Fsp3) is 0.571. The number of nitrogens with one attached hydrogen (secondary N) is 1. The van der Waals surface area contributed by atoms with Crippen LogP contribution in [-0.4, -0.2) is 35.6 Å². The average Bonchev–Trinajstić information content (AvgIpc) is 2.86. The molecule has 2 rings (SSSR count). The quantitative estimate of drug-likeness (QED) is 0.920. The van der Waals surface area contributed by atoms with E-state index in [1.807, 2.05) is 0 Å². The molecule has 0 aromatic carbocycles. The molecule has 1 aliphatic rings. The summed E-state index contributed by atoms with van der Waals surface area (Å²) < 4.78 is 0. The maximum Gasteiger partial charge on any atom is 0.146 e. The van der Waals surface area contributed by atoms with Crippen LogP contribution in [0, 0.1) is 17.2 Å². The molecule has 0 radical (unpaired) electrons. The van der Waals surface area contributed by atoms with Crippen molar-refractivity contribution in [1.29, 1.82) is 5.26 Å². The number of nitrogens with zero attached hydrogens (tertiary/aromatic N) is 3. The molecule has 0 bridgehead atoms. The van der Waals surface area contributed by atoms with Gasteiger partial charge >= 0.3 is 0 Å². The summed E-state index contributed by atoms with van der Waals surface area (Å²) in [5.41, 5.74) is 0.467. The van der Waals surface area contributed by atoms with E-state index in [2.05, 4.69) is 35.1 Å². The lowest BCUT2D eigenvalue weighted by atomic mass is 10.1. The first kappa shape index (κ1) is 14.1. The van der Waals surface area contributed by atoms with E-state index in [-0.39, 0.29) is 0 Å². The highest BCUT2D eigenvalue weighted by molar-refractivity contribution is 6.34. The lowest BCUT2D eigenvalue weighted by molar-refractivity contribution is 0.266. The van der Waals surface area contributed by atoms with Gasteiger partial charge < -0.3 is 10.2 Å². The van der Waals surface area contributed by atoms with Gasteiger partial charge in [-0.3, -0.25) is 0 Å². The van der Waals surface area contributed by atoms with E-state index in [4.69, 9.17) is 16.9 Å². The fourth-order valence-electron chi connectivity index (χ4n) is 2.39. The number of nitriles is 1. The molecule has 0 aliphatic carbocycles. The first-order chi connectivity index (χ1) is 9.11. The maximum atomic E-state index is 8.92. The molecule has 19 heavy (non-hydrogen) atoms. The van der Waals surface area contributed by atoms with Crippen molar-refractivity contribution in [1.82, 2.24) is 9.88 Å². The number of pyridine rings is 1. The fourth-order valence-corrected chi connectivity index (χ4v) is 2.61. The Morgan fingerprint density at radius 3 is 3.05 bits per heavy atom. The Balaban J connectivity index is 1.92. The van der Waals surface area contributed by atoms with E-state index in [1.54, 1.807) is 12.3 Å². The van der Waals surface area contributed by atoms with Gasteiger partial charge in [0.15, 0.2) is 0 Å². The van der Waals surface area contributed by atoms with E-state index in [0.717, 1.165) is 19.6 Å². The van der Waals surface area contributed by atoms with Crippen LogP contribution in [0.15, 0.2) is 12.3 Å². The van der Waals surface area contributed by atoms with Crippen LogP contribution in [0.4, 0.5) is 5.82 Å². The first-order valence-electron chi connectivity index (χ1n) is 6.64. The third-order valence-electron chi connectivity index (χ3n) is 3.62. The molecule has 102 valence electrons. The summed E-state index contributed by atoms with van der Waals surface area (Å²) in [5, 5.41) is 12.6. The highest BCUT2D eigenvalue weighted by Gasteiger charge is 2.24. The molecule has 4 nitrogen and oxygen atoms in total. The van der Waals surface area contributed by atoms with E-state index in [9.17, 15) is 0 Å². The van der Waals surface area contributed by atoms with Crippen LogP contribution in [0.3, 0.4) is 0 Å². The van der Waals surface area contributed by atoms with E-state index < -0.39 is 0 Å². The Morgan fingerprint density at radius 2 is 2.42 bits per heavy atom. The lowest BCUT2D eigenvalue weighted by Crippen LogP contribution is -2.29. The predicted molar refractivity (Wildman–Crippen MR) is 77.3 cm³/mol. The van der Waals surface area contributed by atoms with Crippen LogP contribution in [-0.2, 0) is 0 Å². The summed E-state index contributed by atoms with van der Waals surface area (Å²) in [6, 6.07) is 4.30. The number of hydrogen-bond donors (Lipinski definition) is 1. The first-order valence-corrected chi connectivity index (χ1v) is 7.02. The lowest BCUT2D eigenvalue weighted by Gasteiger charge is -2.20. The molecule has 1 N–H and O–H groups in total. The molecule has 0 amide bonds. The van der Waals surface area contributed by atoms with Crippen molar-refractivity contribution < 1.29 is 0 Å². The van der Waals surface area contributed by atoms with Crippen molar-refractivity contribution in [2.24, 2.45) is 5.92 Å². The van der Waals surface area contributed by atoms with Gasteiger partial charge in [0, 0.05) is 25.3 Å². The second-order valence-electron chi connectivity index (χ2n) is 5.26. The minimum absolute atomic E-state index is 0.420. The molecule has 1 aliphatic heterocycles. The zero-order valence-electron chi connectivity index (χ0n) is 11.4. The molecule has 1 aromatic rings. The van der Waals surface area contributed by atoms with E-state index >= 15 is 0 Å². The standard InChI is InChI=1S/C14H19ClN4/c1-10(2)19-6-4-11(9-19)8-18-14-13(15)12(7-16)3-5-17-14/h3,5,10-11H,4,6,8-9H2,1-2H3,(H,17,18). The maximum absolute atomic E-state index is 8.92. The predicted octanol–water partition coefficient (Wildman–Crippen LogP) is 2.75. The molecule has 1 unspecified atom stereocenters. The molecular formula is C14H19ClN4. The number of halogens is 1. The van der Waals surface area contributed by atoms with E-state index in [0.29, 0.717) is 28.4 Å².